The number of nitrogen functional groups attached to an aromatic ring is 1. The lowest BCUT2D eigenvalue weighted by atomic mass is 10.1. The Hall–Kier alpha value is -2.37. The van der Waals surface area contributed by atoms with E-state index in [2.05, 4.69) is 14.9 Å². The van der Waals surface area contributed by atoms with Crippen molar-refractivity contribution in [2.24, 2.45) is 0 Å². The lowest BCUT2D eigenvalue weighted by Crippen LogP contribution is -2.31. The van der Waals surface area contributed by atoms with Crippen LogP contribution in [0.5, 0.6) is 5.75 Å². The van der Waals surface area contributed by atoms with Crippen molar-refractivity contribution in [3.63, 3.8) is 0 Å². The van der Waals surface area contributed by atoms with Crippen LogP contribution in [-0.2, 0) is 0 Å². The van der Waals surface area contributed by atoms with E-state index in [0.717, 1.165) is 31.7 Å². The number of anilines is 2. The Bertz CT molecular complexity index is 671. The molecule has 1 saturated heterocycles. The van der Waals surface area contributed by atoms with Gasteiger partial charge in [0.1, 0.15) is 12.0 Å². The molecule has 2 heterocycles. The largest absolute Gasteiger partial charge is 0.494 e. The van der Waals surface area contributed by atoms with Gasteiger partial charge < -0.3 is 15.4 Å². The molecule has 0 unspecified atom stereocenters. The average molecular weight is 302 g/mol. The van der Waals surface area contributed by atoms with Crippen LogP contribution in [0, 0.1) is 5.82 Å². The molecule has 0 spiro atoms. The highest BCUT2D eigenvalue weighted by molar-refractivity contribution is 5.81. The van der Waals surface area contributed by atoms with Crippen molar-refractivity contribution >= 4 is 11.5 Å². The monoisotopic (exact) mass is 302 g/mol. The number of piperidine rings is 1. The van der Waals surface area contributed by atoms with Crippen LogP contribution in [-0.4, -0.2) is 30.2 Å². The highest BCUT2D eigenvalue weighted by atomic mass is 19.1. The van der Waals surface area contributed by atoms with Crippen LogP contribution >= 0.6 is 0 Å². The van der Waals surface area contributed by atoms with Crippen molar-refractivity contribution in [3.05, 3.63) is 30.3 Å². The van der Waals surface area contributed by atoms with Gasteiger partial charge in [-0.15, -0.1) is 0 Å². The molecule has 1 aromatic carbocycles. The number of rotatable bonds is 3. The van der Waals surface area contributed by atoms with Crippen molar-refractivity contribution in [1.82, 2.24) is 9.97 Å². The zero-order valence-electron chi connectivity index (χ0n) is 12.6. The molecule has 2 N–H and O–H groups in total. The summed E-state index contributed by atoms with van der Waals surface area (Å²) in [7, 11) is 1.44. The lowest BCUT2D eigenvalue weighted by Gasteiger charge is -2.28. The summed E-state index contributed by atoms with van der Waals surface area (Å²) in [6.07, 6.45) is 4.99. The second kappa shape index (κ2) is 6.17. The molecule has 1 fully saturated rings. The summed E-state index contributed by atoms with van der Waals surface area (Å²) in [5.74, 6) is 0.506. The molecule has 6 heteroatoms. The van der Waals surface area contributed by atoms with Gasteiger partial charge in [0.15, 0.2) is 17.4 Å². The van der Waals surface area contributed by atoms with Crippen LogP contribution in [0.25, 0.3) is 11.3 Å². The molecular formula is C16H19FN4O. The molecule has 1 aliphatic heterocycles. The van der Waals surface area contributed by atoms with E-state index in [0.29, 0.717) is 16.9 Å². The van der Waals surface area contributed by atoms with Crippen molar-refractivity contribution < 1.29 is 9.13 Å². The number of halogens is 1. The maximum Gasteiger partial charge on any atom is 0.165 e. The minimum atomic E-state index is -0.433. The first-order valence-electron chi connectivity index (χ1n) is 7.40. The zero-order valence-corrected chi connectivity index (χ0v) is 12.6. The van der Waals surface area contributed by atoms with Crippen LogP contribution in [0.15, 0.2) is 24.5 Å². The van der Waals surface area contributed by atoms with Crippen LogP contribution in [0.2, 0.25) is 0 Å². The summed E-state index contributed by atoms with van der Waals surface area (Å²) in [5.41, 5.74) is 7.92. The fourth-order valence-corrected chi connectivity index (χ4v) is 2.79. The van der Waals surface area contributed by atoms with Gasteiger partial charge in [-0.1, -0.05) is 0 Å². The smallest absolute Gasteiger partial charge is 0.165 e. The van der Waals surface area contributed by atoms with Gasteiger partial charge in [0.25, 0.3) is 0 Å². The van der Waals surface area contributed by atoms with Crippen LogP contribution in [0.3, 0.4) is 0 Å². The van der Waals surface area contributed by atoms with Gasteiger partial charge in [0.05, 0.1) is 12.8 Å². The Morgan fingerprint density at radius 1 is 1.18 bits per heavy atom. The molecule has 3 rings (SSSR count). The van der Waals surface area contributed by atoms with E-state index in [9.17, 15) is 4.39 Å². The normalized spacial score (nSPS) is 14.9. The molecule has 0 saturated carbocycles. The third kappa shape index (κ3) is 2.68. The van der Waals surface area contributed by atoms with Gasteiger partial charge in [0.2, 0.25) is 0 Å². The number of hydrogen-bond acceptors (Lipinski definition) is 5. The maximum absolute atomic E-state index is 13.9. The summed E-state index contributed by atoms with van der Waals surface area (Å²) in [4.78, 5) is 10.7. The number of benzene rings is 1. The zero-order chi connectivity index (χ0) is 15.5. The fraction of sp³-hybridized carbons (Fsp3) is 0.375. The first kappa shape index (κ1) is 14.6. The number of nitrogens with zero attached hydrogens (tertiary/aromatic N) is 3. The Morgan fingerprint density at radius 2 is 1.95 bits per heavy atom. The van der Waals surface area contributed by atoms with Crippen LogP contribution in [0.1, 0.15) is 19.3 Å². The minimum Gasteiger partial charge on any atom is -0.494 e. The summed E-state index contributed by atoms with van der Waals surface area (Å²) in [6.45, 7) is 1.88. The minimum absolute atomic E-state index is 0.202. The van der Waals surface area contributed by atoms with E-state index >= 15 is 0 Å². The van der Waals surface area contributed by atoms with Crippen LogP contribution < -0.4 is 15.4 Å². The number of methoxy groups -OCH3 is 1. The summed E-state index contributed by atoms with van der Waals surface area (Å²) in [5, 5.41) is 0. The third-order valence-corrected chi connectivity index (χ3v) is 3.94. The molecule has 2 aromatic rings. The van der Waals surface area contributed by atoms with Crippen molar-refractivity contribution in [1.29, 1.82) is 0 Å². The molecular weight excluding hydrogens is 283 g/mol. The molecule has 1 aromatic heterocycles. The Labute approximate surface area is 128 Å². The molecule has 0 bridgehead atoms. The van der Waals surface area contributed by atoms with E-state index < -0.39 is 5.82 Å². The molecule has 0 radical (unpaired) electrons. The average Bonchev–Trinajstić information content (AvgIpc) is 2.56. The maximum atomic E-state index is 13.9. The van der Waals surface area contributed by atoms with Crippen LogP contribution in [0.4, 0.5) is 15.9 Å². The Kier molecular flexibility index (Phi) is 4.09. The van der Waals surface area contributed by atoms with Gasteiger partial charge in [-0.05, 0) is 37.5 Å². The fourth-order valence-electron chi connectivity index (χ4n) is 2.79. The van der Waals surface area contributed by atoms with Gasteiger partial charge in [0, 0.05) is 18.7 Å². The number of nitrogens with two attached hydrogens (primary N) is 1. The number of aromatic nitrogens is 2. The Balaban J connectivity index is 1.99. The van der Waals surface area contributed by atoms with E-state index in [1.54, 1.807) is 12.1 Å². The predicted octanol–water partition coefficient (Wildman–Crippen LogP) is 2.86. The summed E-state index contributed by atoms with van der Waals surface area (Å²) < 4.78 is 18.8. The highest BCUT2D eigenvalue weighted by Gasteiger charge is 2.18. The first-order chi connectivity index (χ1) is 10.7. The first-order valence-corrected chi connectivity index (χ1v) is 7.40. The van der Waals surface area contributed by atoms with E-state index in [1.165, 1.54) is 25.9 Å². The predicted molar refractivity (Wildman–Crippen MR) is 84.5 cm³/mol. The molecule has 1 aliphatic rings. The second-order valence-corrected chi connectivity index (χ2v) is 5.36. The molecule has 22 heavy (non-hydrogen) atoms. The third-order valence-electron chi connectivity index (χ3n) is 3.94. The highest BCUT2D eigenvalue weighted by Crippen LogP contribution is 2.33. The van der Waals surface area contributed by atoms with Crippen molar-refractivity contribution in [2.75, 3.05) is 30.8 Å². The SMILES string of the molecule is COc1ccc(-c2ncnc(N3CCCCC3)c2N)cc1F. The lowest BCUT2D eigenvalue weighted by molar-refractivity contribution is 0.386. The van der Waals surface area contributed by atoms with E-state index in [4.69, 9.17) is 10.5 Å². The van der Waals surface area contributed by atoms with Gasteiger partial charge in [-0.3, -0.25) is 0 Å². The molecule has 0 amide bonds. The second-order valence-electron chi connectivity index (χ2n) is 5.36. The van der Waals surface area contributed by atoms with Crippen molar-refractivity contribution in [2.45, 2.75) is 19.3 Å². The quantitative estimate of drug-likeness (QED) is 0.944. The van der Waals surface area contributed by atoms with Gasteiger partial charge >= 0.3 is 0 Å². The summed E-state index contributed by atoms with van der Waals surface area (Å²) in [6, 6.07) is 4.71. The molecule has 116 valence electrons. The number of ether oxygens (including phenoxy) is 1. The van der Waals surface area contributed by atoms with Crippen molar-refractivity contribution in [3.8, 4) is 17.0 Å². The standard InChI is InChI=1S/C16H19FN4O/c1-22-13-6-5-11(9-12(13)17)15-14(18)16(20-10-19-15)21-7-3-2-4-8-21/h5-6,9-10H,2-4,7-8,18H2,1H3. The topological polar surface area (TPSA) is 64.3 Å². The summed E-state index contributed by atoms with van der Waals surface area (Å²) >= 11 is 0. The van der Waals surface area contributed by atoms with Gasteiger partial charge in [-0.25, -0.2) is 14.4 Å². The molecule has 0 atom stereocenters. The molecule has 5 nitrogen and oxygen atoms in total. The van der Waals surface area contributed by atoms with E-state index in [-0.39, 0.29) is 5.75 Å². The Morgan fingerprint density at radius 3 is 2.64 bits per heavy atom. The van der Waals surface area contributed by atoms with E-state index in [1.807, 2.05) is 0 Å². The number of hydrogen-bond donors (Lipinski definition) is 1. The molecule has 0 aliphatic carbocycles. The van der Waals surface area contributed by atoms with Gasteiger partial charge in [-0.2, -0.15) is 0 Å².